The first-order chi connectivity index (χ1) is 8.81. The number of urea groups is 1. The number of carbonyl (C=O) groups is 2. The van der Waals surface area contributed by atoms with Gasteiger partial charge < -0.3 is 15.7 Å². The van der Waals surface area contributed by atoms with Gasteiger partial charge >= 0.3 is 12.0 Å². The summed E-state index contributed by atoms with van der Waals surface area (Å²) in [7, 11) is 0. The van der Waals surface area contributed by atoms with Gasteiger partial charge in [0.25, 0.3) is 0 Å². The molecule has 0 saturated carbocycles. The monoisotopic (exact) mass is 272 g/mol. The van der Waals surface area contributed by atoms with E-state index in [1.54, 1.807) is 0 Å². The Morgan fingerprint density at radius 1 is 1.26 bits per heavy atom. The number of hydrogen-bond acceptors (Lipinski definition) is 2. The van der Waals surface area contributed by atoms with E-state index in [1.807, 2.05) is 13.8 Å². The van der Waals surface area contributed by atoms with E-state index in [0.717, 1.165) is 0 Å². The zero-order chi connectivity index (χ0) is 14.6. The molecule has 0 aliphatic rings. The number of rotatable bonds is 4. The first-order valence-corrected chi connectivity index (χ1v) is 5.58. The van der Waals surface area contributed by atoms with Crippen LogP contribution in [-0.2, 0) is 0 Å². The van der Waals surface area contributed by atoms with Crippen LogP contribution in [0.4, 0.5) is 19.3 Å². The van der Waals surface area contributed by atoms with Gasteiger partial charge in [-0.05, 0) is 12.0 Å². The molecular formula is C12H14F2N2O3. The van der Waals surface area contributed by atoms with Crippen LogP contribution in [0.2, 0.25) is 0 Å². The molecule has 2 amide bonds. The molecule has 0 fully saturated rings. The molecule has 0 unspecified atom stereocenters. The van der Waals surface area contributed by atoms with E-state index in [-0.39, 0.29) is 11.6 Å². The van der Waals surface area contributed by atoms with Crippen molar-refractivity contribution in [3.63, 3.8) is 0 Å². The third-order valence-electron chi connectivity index (χ3n) is 2.21. The van der Waals surface area contributed by atoms with Crippen LogP contribution in [0, 0.1) is 17.6 Å². The molecule has 0 saturated heterocycles. The second-order valence-electron chi connectivity index (χ2n) is 4.35. The van der Waals surface area contributed by atoms with E-state index >= 15 is 0 Å². The summed E-state index contributed by atoms with van der Waals surface area (Å²) in [5.74, 6) is -3.78. The largest absolute Gasteiger partial charge is 0.478 e. The summed E-state index contributed by atoms with van der Waals surface area (Å²) in [6, 6.07) is 0.478. The lowest BCUT2D eigenvalue weighted by Gasteiger charge is -2.11. The molecule has 1 aromatic rings. The van der Waals surface area contributed by atoms with E-state index < -0.39 is 29.2 Å². The topological polar surface area (TPSA) is 78.4 Å². The van der Waals surface area contributed by atoms with Crippen molar-refractivity contribution in [2.75, 3.05) is 11.9 Å². The van der Waals surface area contributed by atoms with Gasteiger partial charge in [-0.3, -0.25) is 0 Å². The maximum atomic E-state index is 13.0. The second-order valence-corrected chi connectivity index (χ2v) is 4.35. The molecule has 7 heteroatoms. The summed E-state index contributed by atoms with van der Waals surface area (Å²) in [4.78, 5) is 22.3. The third-order valence-corrected chi connectivity index (χ3v) is 2.21. The van der Waals surface area contributed by atoms with E-state index in [0.29, 0.717) is 18.7 Å². The molecule has 0 heterocycles. The highest BCUT2D eigenvalue weighted by molar-refractivity contribution is 6.00. The van der Waals surface area contributed by atoms with Crippen molar-refractivity contribution >= 4 is 17.7 Å². The zero-order valence-electron chi connectivity index (χ0n) is 10.5. The number of benzene rings is 1. The summed E-state index contributed by atoms with van der Waals surface area (Å²) >= 11 is 0. The van der Waals surface area contributed by atoms with E-state index in [1.165, 1.54) is 0 Å². The molecule has 1 rings (SSSR count). The highest BCUT2D eigenvalue weighted by atomic mass is 19.2. The van der Waals surface area contributed by atoms with Gasteiger partial charge in [-0.2, -0.15) is 0 Å². The summed E-state index contributed by atoms with van der Waals surface area (Å²) in [6.45, 7) is 4.12. The molecule has 0 atom stereocenters. The molecule has 5 nitrogen and oxygen atoms in total. The number of halogens is 2. The van der Waals surface area contributed by atoms with E-state index in [4.69, 9.17) is 5.11 Å². The SMILES string of the molecule is CC(C)CNC(=O)Nc1cc(F)c(F)cc1C(=O)O. The van der Waals surface area contributed by atoms with Crippen LogP contribution in [0.3, 0.4) is 0 Å². The number of nitrogens with one attached hydrogen (secondary N) is 2. The van der Waals surface area contributed by atoms with Crippen LogP contribution < -0.4 is 10.6 Å². The Balaban J connectivity index is 2.90. The fourth-order valence-corrected chi connectivity index (χ4v) is 1.29. The lowest BCUT2D eigenvalue weighted by molar-refractivity contribution is 0.0697. The maximum Gasteiger partial charge on any atom is 0.337 e. The minimum absolute atomic E-state index is 0.203. The molecule has 104 valence electrons. The van der Waals surface area contributed by atoms with Gasteiger partial charge in [0, 0.05) is 12.6 Å². The molecule has 1 aromatic carbocycles. The lowest BCUT2D eigenvalue weighted by Crippen LogP contribution is -2.32. The molecule has 0 bridgehead atoms. The van der Waals surface area contributed by atoms with Gasteiger partial charge in [0.2, 0.25) is 0 Å². The molecule has 0 aliphatic carbocycles. The molecule has 0 radical (unpaired) electrons. The Hall–Kier alpha value is -2.18. The summed E-state index contributed by atoms with van der Waals surface area (Å²) in [5, 5.41) is 13.5. The molecule has 0 aromatic heterocycles. The summed E-state index contributed by atoms with van der Waals surface area (Å²) < 4.78 is 26.0. The van der Waals surface area contributed by atoms with Crippen molar-refractivity contribution in [2.24, 2.45) is 5.92 Å². The molecule has 0 spiro atoms. The Morgan fingerprint density at radius 3 is 2.37 bits per heavy atom. The first-order valence-electron chi connectivity index (χ1n) is 5.58. The fourth-order valence-electron chi connectivity index (χ4n) is 1.29. The normalized spacial score (nSPS) is 10.4. The Kier molecular flexibility index (Phi) is 4.80. The van der Waals surface area contributed by atoms with Gasteiger partial charge in [-0.25, -0.2) is 18.4 Å². The smallest absolute Gasteiger partial charge is 0.337 e. The number of aromatic carboxylic acids is 1. The fraction of sp³-hybridized carbons (Fsp3) is 0.333. The third kappa shape index (κ3) is 4.20. The second kappa shape index (κ2) is 6.12. The van der Waals surface area contributed by atoms with Crippen molar-refractivity contribution in [1.29, 1.82) is 0 Å². The minimum Gasteiger partial charge on any atom is -0.478 e. The van der Waals surface area contributed by atoms with Gasteiger partial charge in [-0.1, -0.05) is 13.8 Å². The van der Waals surface area contributed by atoms with Crippen molar-refractivity contribution in [1.82, 2.24) is 5.32 Å². The summed E-state index contributed by atoms with van der Waals surface area (Å²) in [5.41, 5.74) is -0.814. The number of carbonyl (C=O) groups excluding carboxylic acids is 1. The summed E-state index contributed by atoms with van der Waals surface area (Å²) in [6.07, 6.45) is 0. The van der Waals surface area contributed by atoms with Crippen molar-refractivity contribution in [2.45, 2.75) is 13.8 Å². The molecule has 3 N–H and O–H groups in total. The predicted molar refractivity (Wildman–Crippen MR) is 65.2 cm³/mol. The zero-order valence-corrected chi connectivity index (χ0v) is 10.5. The van der Waals surface area contributed by atoms with Gasteiger partial charge in [0.05, 0.1) is 11.3 Å². The minimum atomic E-state index is -1.46. The van der Waals surface area contributed by atoms with E-state index in [2.05, 4.69) is 10.6 Å². The highest BCUT2D eigenvalue weighted by Crippen LogP contribution is 2.20. The van der Waals surface area contributed by atoms with Crippen LogP contribution in [0.1, 0.15) is 24.2 Å². The average Bonchev–Trinajstić information content (AvgIpc) is 2.30. The molecule has 19 heavy (non-hydrogen) atoms. The number of amides is 2. The van der Waals surface area contributed by atoms with Crippen molar-refractivity contribution < 1.29 is 23.5 Å². The Labute approximate surface area is 108 Å². The van der Waals surface area contributed by atoms with Gasteiger partial charge in [0.15, 0.2) is 11.6 Å². The number of carboxylic acids is 1. The quantitative estimate of drug-likeness (QED) is 0.787. The molecular weight excluding hydrogens is 258 g/mol. The highest BCUT2D eigenvalue weighted by Gasteiger charge is 2.17. The number of anilines is 1. The van der Waals surface area contributed by atoms with Crippen molar-refractivity contribution in [3.8, 4) is 0 Å². The van der Waals surface area contributed by atoms with Crippen LogP contribution in [0.5, 0.6) is 0 Å². The Bertz CT molecular complexity index is 504. The van der Waals surface area contributed by atoms with E-state index in [9.17, 15) is 18.4 Å². The van der Waals surface area contributed by atoms with Gasteiger partial charge in [-0.15, -0.1) is 0 Å². The van der Waals surface area contributed by atoms with Gasteiger partial charge in [0.1, 0.15) is 0 Å². The maximum absolute atomic E-state index is 13.0. The predicted octanol–water partition coefficient (Wildman–Crippen LogP) is 2.44. The van der Waals surface area contributed by atoms with Crippen LogP contribution in [0.25, 0.3) is 0 Å². The molecule has 0 aliphatic heterocycles. The average molecular weight is 272 g/mol. The Morgan fingerprint density at radius 2 is 1.84 bits per heavy atom. The van der Waals surface area contributed by atoms with Crippen molar-refractivity contribution in [3.05, 3.63) is 29.3 Å². The first kappa shape index (κ1) is 14.9. The lowest BCUT2D eigenvalue weighted by atomic mass is 10.1. The number of carboxylic acid groups (broad SMARTS) is 1. The van der Waals surface area contributed by atoms with Crippen LogP contribution in [0.15, 0.2) is 12.1 Å². The van der Waals surface area contributed by atoms with Crippen LogP contribution >= 0.6 is 0 Å². The number of hydrogen-bond donors (Lipinski definition) is 3. The van der Waals surface area contributed by atoms with Crippen LogP contribution in [-0.4, -0.2) is 23.7 Å². The standard InChI is InChI=1S/C12H14F2N2O3/c1-6(2)5-15-12(19)16-10-4-9(14)8(13)3-7(10)11(17)18/h3-4,6H,5H2,1-2H3,(H,17,18)(H2,15,16,19).